The normalized spacial score (nSPS) is 28.4. The van der Waals surface area contributed by atoms with Gasteiger partial charge < -0.3 is 46.8 Å². The largest absolute Gasteiger partial charge is 0.480 e. The number of carbonyl (C=O) groups excluding carboxylic acids is 2. The van der Waals surface area contributed by atoms with Gasteiger partial charge in [0, 0.05) is 6.54 Å². The van der Waals surface area contributed by atoms with Crippen LogP contribution >= 0.6 is 0 Å². The number of hydrogen-bond donors (Lipinski definition) is 7. The second-order valence-corrected chi connectivity index (χ2v) is 6.01. The van der Waals surface area contributed by atoms with Gasteiger partial charge >= 0.3 is 5.97 Å². The molecule has 0 bridgehead atoms. The highest BCUT2D eigenvalue weighted by molar-refractivity contribution is 5.87. The first-order chi connectivity index (χ1) is 11.7. The number of ether oxygens (including phenoxy) is 1. The number of nitrogens with one attached hydrogen (secondary N) is 1. The van der Waals surface area contributed by atoms with Gasteiger partial charge in [-0.2, -0.15) is 0 Å². The number of β-lactam (4-membered cyclic amide) rings is 1. The second kappa shape index (κ2) is 7.59. The second-order valence-electron chi connectivity index (χ2n) is 6.01. The van der Waals surface area contributed by atoms with Crippen molar-refractivity contribution in [2.45, 2.75) is 49.1 Å². The number of aliphatic hydroxyl groups is 3. The van der Waals surface area contributed by atoms with Crippen LogP contribution in [0, 0.1) is 0 Å². The topological polar surface area (TPSA) is 209 Å². The van der Waals surface area contributed by atoms with Crippen molar-refractivity contribution in [2.24, 2.45) is 11.5 Å². The first-order valence-electron chi connectivity index (χ1n) is 7.65. The standard InChI is InChI=1S/C13H22N4O8/c14-2-4(18)10(20)8(15)12(22)16-9(13(23)24)11(21)5-3-17-6(19)1-7(17)25-5/h4-5,7-11,18,20-21H,1-3,14-15H2,(H,16,22)(H,23,24)/t4?,5-,7?,8+,9+,10?,11?/m1/s1. The molecule has 0 aromatic rings. The van der Waals surface area contributed by atoms with E-state index in [1.54, 1.807) is 0 Å². The molecule has 0 saturated carbocycles. The van der Waals surface area contributed by atoms with Crippen molar-refractivity contribution in [1.29, 1.82) is 0 Å². The summed E-state index contributed by atoms with van der Waals surface area (Å²) in [6.07, 6.45) is -6.17. The Bertz CT molecular complexity index is 546. The number of aliphatic hydroxyl groups excluding tert-OH is 3. The van der Waals surface area contributed by atoms with Gasteiger partial charge in [-0.15, -0.1) is 0 Å². The number of nitrogens with zero attached hydrogens (tertiary/aromatic N) is 1. The summed E-state index contributed by atoms with van der Waals surface area (Å²) in [6, 6.07) is -3.43. The molecule has 0 aromatic heterocycles. The number of carboxylic acid groups (broad SMARTS) is 1. The molecule has 2 saturated heterocycles. The van der Waals surface area contributed by atoms with E-state index < -0.39 is 54.6 Å². The number of aliphatic carboxylic acids is 1. The van der Waals surface area contributed by atoms with Crippen molar-refractivity contribution >= 4 is 17.8 Å². The number of carboxylic acids is 1. The predicted octanol–water partition coefficient (Wildman–Crippen LogP) is -5.12. The fraction of sp³-hybridized carbons (Fsp3) is 0.769. The zero-order valence-corrected chi connectivity index (χ0v) is 13.2. The van der Waals surface area contributed by atoms with Crippen LogP contribution in [-0.4, -0.2) is 98.9 Å². The monoisotopic (exact) mass is 362 g/mol. The lowest BCUT2D eigenvalue weighted by Crippen LogP contribution is -2.60. The molecule has 142 valence electrons. The van der Waals surface area contributed by atoms with Gasteiger partial charge in [0.25, 0.3) is 0 Å². The lowest BCUT2D eigenvalue weighted by molar-refractivity contribution is -0.161. The minimum atomic E-state index is -1.78. The quantitative estimate of drug-likeness (QED) is 0.204. The molecule has 0 aromatic carbocycles. The zero-order chi connectivity index (χ0) is 18.9. The maximum atomic E-state index is 12.0. The van der Waals surface area contributed by atoms with Gasteiger partial charge in [0.1, 0.15) is 30.6 Å². The Balaban J connectivity index is 1.99. The number of amides is 2. The van der Waals surface area contributed by atoms with Crippen molar-refractivity contribution in [2.75, 3.05) is 13.1 Å². The first kappa shape index (κ1) is 19.5. The lowest BCUT2D eigenvalue weighted by atomic mass is 10.0. The van der Waals surface area contributed by atoms with Crippen LogP contribution in [0.1, 0.15) is 6.42 Å². The molecule has 2 heterocycles. The molecule has 25 heavy (non-hydrogen) atoms. The van der Waals surface area contributed by atoms with Crippen LogP contribution in [0.2, 0.25) is 0 Å². The maximum Gasteiger partial charge on any atom is 0.329 e. The van der Waals surface area contributed by atoms with E-state index in [4.69, 9.17) is 16.2 Å². The van der Waals surface area contributed by atoms with Crippen LogP contribution in [0.3, 0.4) is 0 Å². The Morgan fingerprint density at radius 2 is 2.00 bits per heavy atom. The van der Waals surface area contributed by atoms with E-state index >= 15 is 0 Å². The van der Waals surface area contributed by atoms with Crippen LogP contribution < -0.4 is 16.8 Å². The average Bonchev–Trinajstić information content (AvgIpc) is 2.93. The van der Waals surface area contributed by atoms with E-state index in [2.05, 4.69) is 0 Å². The van der Waals surface area contributed by atoms with Crippen molar-refractivity contribution in [1.82, 2.24) is 10.2 Å². The molecular weight excluding hydrogens is 340 g/mol. The van der Waals surface area contributed by atoms with Crippen molar-refractivity contribution in [3.8, 4) is 0 Å². The Hall–Kier alpha value is -1.83. The van der Waals surface area contributed by atoms with E-state index in [-0.39, 0.29) is 25.4 Å². The highest BCUT2D eigenvalue weighted by atomic mass is 16.5. The van der Waals surface area contributed by atoms with E-state index in [1.165, 1.54) is 4.90 Å². The van der Waals surface area contributed by atoms with E-state index in [0.717, 1.165) is 0 Å². The molecule has 4 unspecified atom stereocenters. The SMILES string of the molecule is NCC(O)C(O)[C@H](N)C(=O)N[C@H](C(=O)O)C(O)[C@H]1CN2C(=O)CC2O1. The lowest BCUT2D eigenvalue weighted by Gasteiger charge is -2.31. The Morgan fingerprint density at radius 1 is 1.36 bits per heavy atom. The van der Waals surface area contributed by atoms with Crippen molar-refractivity contribution < 1.29 is 39.5 Å². The van der Waals surface area contributed by atoms with Gasteiger partial charge in [0.15, 0.2) is 6.04 Å². The molecule has 12 heteroatoms. The molecule has 2 aliphatic rings. The van der Waals surface area contributed by atoms with E-state index in [9.17, 15) is 34.8 Å². The number of hydrogen-bond acceptors (Lipinski definition) is 9. The predicted molar refractivity (Wildman–Crippen MR) is 79.6 cm³/mol. The summed E-state index contributed by atoms with van der Waals surface area (Å²) in [5.74, 6) is -2.81. The minimum absolute atomic E-state index is 0.00484. The van der Waals surface area contributed by atoms with Gasteiger partial charge in [0.2, 0.25) is 11.8 Å². The molecule has 2 aliphatic heterocycles. The summed E-state index contributed by atoms with van der Waals surface area (Å²) in [4.78, 5) is 36.0. The van der Waals surface area contributed by atoms with Crippen LogP contribution in [0.15, 0.2) is 0 Å². The average molecular weight is 362 g/mol. The Labute approximate surface area is 142 Å². The van der Waals surface area contributed by atoms with Crippen molar-refractivity contribution in [3.05, 3.63) is 0 Å². The Morgan fingerprint density at radius 3 is 2.48 bits per heavy atom. The summed E-state index contributed by atoms with van der Waals surface area (Å²) in [5.41, 5.74) is 10.6. The van der Waals surface area contributed by atoms with E-state index in [1.807, 2.05) is 5.32 Å². The fourth-order valence-corrected chi connectivity index (χ4v) is 2.68. The Kier molecular flexibility index (Phi) is 5.92. The number of rotatable bonds is 8. The zero-order valence-electron chi connectivity index (χ0n) is 13.2. The third-order valence-corrected chi connectivity index (χ3v) is 4.32. The molecule has 2 rings (SSSR count). The van der Waals surface area contributed by atoms with E-state index in [0.29, 0.717) is 0 Å². The number of nitrogens with two attached hydrogens (primary N) is 2. The summed E-state index contributed by atoms with van der Waals surface area (Å²) >= 11 is 0. The van der Waals surface area contributed by atoms with Crippen LogP contribution in [-0.2, 0) is 19.1 Å². The van der Waals surface area contributed by atoms with Crippen molar-refractivity contribution in [3.63, 3.8) is 0 Å². The smallest absolute Gasteiger partial charge is 0.329 e. The molecule has 2 amide bonds. The van der Waals surface area contributed by atoms with Crippen LogP contribution in [0.25, 0.3) is 0 Å². The molecule has 7 atom stereocenters. The molecule has 9 N–H and O–H groups in total. The van der Waals surface area contributed by atoms with Gasteiger partial charge in [0.05, 0.1) is 19.1 Å². The van der Waals surface area contributed by atoms with Crippen LogP contribution in [0.4, 0.5) is 0 Å². The maximum absolute atomic E-state index is 12.0. The third-order valence-electron chi connectivity index (χ3n) is 4.32. The number of fused-ring (bicyclic) bond motifs is 1. The minimum Gasteiger partial charge on any atom is -0.480 e. The summed E-state index contributed by atoms with van der Waals surface area (Å²) < 4.78 is 5.37. The molecule has 2 fully saturated rings. The molecule has 0 spiro atoms. The highest BCUT2D eigenvalue weighted by Crippen LogP contribution is 2.30. The van der Waals surface area contributed by atoms with Gasteiger partial charge in [-0.25, -0.2) is 4.79 Å². The molecule has 12 nitrogen and oxygen atoms in total. The van der Waals surface area contributed by atoms with Gasteiger partial charge in [-0.1, -0.05) is 0 Å². The summed E-state index contributed by atoms with van der Waals surface area (Å²) in [6.45, 7) is -0.348. The van der Waals surface area contributed by atoms with Crippen LogP contribution in [0.5, 0.6) is 0 Å². The molecule has 0 aliphatic carbocycles. The highest BCUT2D eigenvalue weighted by Gasteiger charge is 2.49. The first-order valence-corrected chi connectivity index (χ1v) is 7.65. The summed E-state index contributed by atoms with van der Waals surface area (Å²) in [5, 5.41) is 40.5. The molecule has 0 radical (unpaired) electrons. The van der Waals surface area contributed by atoms with Gasteiger partial charge in [-0.05, 0) is 0 Å². The summed E-state index contributed by atoms with van der Waals surface area (Å²) in [7, 11) is 0. The third kappa shape index (κ3) is 3.89. The molecular formula is C13H22N4O8. The fourth-order valence-electron chi connectivity index (χ4n) is 2.68. The number of carbonyl (C=O) groups is 3. The van der Waals surface area contributed by atoms with Gasteiger partial charge in [-0.3, -0.25) is 9.59 Å².